The molecule has 1 amide bonds. The zero-order valence-electron chi connectivity index (χ0n) is 12.1. The SMILES string of the molecule is NNC(=O)c1ccc(Nc2nccc(-c3cccnc3)n2)cc1. The number of carbonyl (C=O) groups is 1. The minimum atomic E-state index is -0.341. The molecule has 2 aromatic heterocycles. The van der Waals surface area contributed by atoms with Gasteiger partial charge in [-0.3, -0.25) is 15.2 Å². The molecule has 7 nitrogen and oxygen atoms in total. The van der Waals surface area contributed by atoms with E-state index < -0.39 is 0 Å². The molecule has 0 radical (unpaired) electrons. The van der Waals surface area contributed by atoms with Gasteiger partial charge in [0.1, 0.15) is 0 Å². The molecular weight excluding hydrogens is 292 g/mol. The molecule has 3 rings (SSSR count). The van der Waals surface area contributed by atoms with Gasteiger partial charge in [-0.25, -0.2) is 15.8 Å². The average Bonchev–Trinajstić information content (AvgIpc) is 2.63. The van der Waals surface area contributed by atoms with Crippen molar-refractivity contribution in [2.45, 2.75) is 0 Å². The van der Waals surface area contributed by atoms with Crippen LogP contribution in [-0.4, -0.2) is 20.9 Å². The zero-order valence-corrected chi connectivity index (χ0v) is 12.1. The molecule has 0 aliphatic rings. The van der Waals surface area contributed by atoms with E-state index >= 15 is 0 Å². The van der Waals surface area contributed by atoms with E-state index in [9.17, 15) is 4.79 Å². The van der Waals surface area contributed by atoms with Gasteiger partial charge in [-0.05, 0) is 42.5 Å². The monoisotopic (exact) mass is 306 g/mol. The summed E-state index contributed by atoms with van der Waals surface area (Å²) < 4.78 is 0. The van der Waals surface area contributed by atoms with Gasteiger partial charge < -0.3 is 5.32 Å². The van der Waals surface area contributed by atoms with Crippen LogP contribution in [0.25, 0.3) is 11.3 Å². The van der Waals surface area contributed by atoms with E-state index in [1.807, 2.05) is 18.2 Å². The summed E-state index contributed by atoms with van der Waals surface area (Å²) in [6, 6.07) is 12.4. The lowest BCUT2D eigenvalue weighted by Gasteiger charge is -2.07. The summed E-state index contributed by atoms with van der Waals surface area (Å²) in [7, 11) is 0. The van der Waals surface area contributed by atoms with E-state index in [1.54, 1.807) is 42.9 Å². The van der Waals surface area contributed by atoms with Crippen LogP contribution in [0, 0.1) is 0 Å². The number of rotatable bonds is 4. The van der Waals surface area contributed by atoms with Crippen molar-refractivity contribution in [3.8, 4) is 11.3 Å². The number of hydrogen-bond donors (Lipinski definition) is 3. The Morgan fingerprint density at radius 3 is 2.57 bits per heavy atom. The van der Waals surface area contributed by atoms with Crippen molar-refractivity contribution < 1.29 is 4.79 Å². The molecule has 23 heavy (non-hydrogen) atoms. The van der Waals surface area contributed by atoms with E-state index in [-0.39, 0.29) is 5.91 Å². The third-order valence-electron chi connectivity index (χ3n) is 3.15. The summed E-state index contributed by atoms with van der Waals surface area (Å²) in [5, 5.41) is 3.09. The van der Waals surface area contributed by atoms with Crippen molar-refractivity contribution in [2.24, 2.45) is 5.84 Å². The van der Waals surface area contributed by atoms with Gasteiger partial charge >= 0.3 is 0 Å². The first kappa shape index (κ1) is 14.6. The van der Waals surface area contributed by atoms with Crippen LogP contribution in [-0.2, 0) is 0 Å². The summed E-state index contributed by atoms with van der Waals surface area (Å²) in [5.74, 6) is 5.22. The van der Waals surface area contributed by atoms with E-state index in [4.69, 9.17) is 5.84 Å². The van der Waals surface area contributed by atoms with Crippen LogP contribution in [0.1, 0.15) is 10.4 Å². The van der Waals surface area contributed by atoms with Gasteiger partial charge in [-0.1, -0.05) is 0 Å². The Bertz CT molecular complexity index is 804. The van der Waals surface area contributed by atoms with Gasteiger partial charge in [0.2, 0.25) is 5.95 Å². The lowest BCUT2D eigenvalue weighted by atomic mass is 10.2. The smallest absolute Gasteiger partial charge is 0.265 e. The van der Waals surface area contributed by atoms with Crippen LogP contribution in [0.3, 0.4) is 0 Å². The van der Waals surface area contributed by atoms with Gasteiger partial charge in [-0.2, -0.15) is 0 Å². The van der Waals surface area contributed by atoms with Crippen molar-refractivity contribution >= 4 is 17.5 Å². The van der Waals surface area contributed by atoms with Gasteiger partial charge in [0.05, 0.1) is 5.69 Å². The molecular formula is C16H14N6O. The standard InChI is InChI=1S/C16H14N6O/c17-22-15(23)11-3-5-13(6-4-11)20-16-19-9-7-14(21-16)12-2-1-8-18-10-12/h1-10H,17H2,(H,22,23)(H,19,20,21). The number of aromatic nitrogens is 3. The first-order valence-electron chi connectivity index (χ1n) is 6.88. The molecule has 0 saturated carbocycles. The number of anilines is 2. The molecule has 0 atom stereocenters. The van der Waals surface area contributed by atoms with Crippen LogP contribution in [0.5, 0.6) is 0 Å². The minimum Gasteiger partial charge on any atom is -0.324 e. The molecule has 114 valence electrons. The summed E-state index contributed by atoms with van der Waals surface area (Å²) in [5.41, 5.74) is 5.01. The Balaban J connectivity index is 1.79. The zero-order chi connectivity index (χ0) is 16.1. The van der Waals surface area contributed by atoms with Crippen molar-refractivity contribution in [1.82, 2.24) is 20.4 Å². The molecule has 0 aliphatic carbocycles. The average molecular weight is 306 g/mol. The number of hydrogen-bond acceptors (Lipinski definition) is 6. The number of hydrazine groups is 1. The fourth-order valence-corrected chi connectivity index (χ4v) is 2.01. The van der Waals surface area contributed by atoms with Crippen LogP contribution in [0.15, 0.2) is 61.1 Å². The van der Waals surface area contributed by atoms with Crippen LogP contribution >= 0.6 is 0 Å². The molecule has 1 aromatic carbocycles. The highest BCUT2D eigenvalue weighted by atomic mass is 16.2. The molecule has 7 heteroatoms. The Morgan fingerprint density at radius 2 is 1.87 bits per heavy atom. The largest absolute Gasteiger partial charge is 0.324 e. The van der Waals surface area contributed by atoms with Crippen LogP contribution < -0.4 is 16.6 Å². The maximum Gasteiger partial charge on any atom is 0.265 e. The normalized spacial score (nSPS) is 10.1. The summed E-state index contributed by atoms with van der Waals surface area (Å²) in [4.78, 5) is 24.1. The highest BCUT2D eigenvalue weighted by molar-refractivity contribution is 5.94. The van der Waals surface area contributed by atoms with Crippen molar-refractivity contribution in [3.05, 3.63) is 66.6 Å². The Labute approximate surface area is 132 Å². The molecule has 2 heterocycles. The molecule has 0 spiro atoms. The number of nitrogens with zero attached hydrogens (tertiary/aromatic N) is 3. The fourth-order valence-electron chi connectivity index (χ4n) is 2.01. The Kier molecular flexibility index (Phi) is 4.21. The lowest BCUT2D eigenvalue weighted by Crippen LogP contribution is -2.29. The lowest BCUT2D eigenvalue weighted by molar-refractivity contribution is 0.0953. The van der Waals surface area contributed by atoms with E-state index in [2.05, 4.69) is 25.7 Å². The number of nitrogens with two attached hydrogens (primary N) is 1. The van der Waals surface area contributed by atoms with E-state index in [0.29, 0.717) is 11.5 Å². The highest BCUT2D eigenvalue weighted by Gasteiger charge is 2.05. The molecule has 0 bridgehead atoms. The number of nitrogen functional groups attached to an aromatic ring is 1. The topological polar surface area (TPSA) is 106 Å². The quantitative estimate of drug-likeness (QED) is 0.386. The third kappa shape index (κ3) is 3.47. The van der Waals surface area contributed by atoms with Gasteiger partial charge in [0, 0.05) is 35.4 Å². The maximum atomic E-state index is 11.4. The van der Waals surface area contributed by atoms with Crippen molar-refractivity contribution in [3.63, 3.8) is 0 Å². The van der Waals surface area contributed by atoms with Crippen molar-refractivity contribution in [1.29, 1.82) is 0 Å². The number of amides is 1. The van der Waals surface area contributed by atoms with E-state index in [1.165, 1.54) is 0 Å². The predicted molar refractivity (Wildman–Crippen MR) is 86.6 cm³/mol. The first-order valence-corrected chi connectivity index (χ1v) is 6.88. The first-order chi connectivity index (χ1) is 11.3. The van der Waals surface area contributed by atoms with E-state index in [0.717, 1.165) is 16.9 Å². The molecule has 0 unspecified atom stereocenters. The molecule has 0 saturated heterocycles. The molecule has 4 N–H and O–H groups in total. The highest BCUT2D eigenvalue weighted by Crippen LogP contribution is 2.18. The Hall–Kier alpha value is -3.32. The maximum absolute atomic E-state index is 11.4. The van der Waals surface area contributed by atoms with Gasteiger partial charge in [0.15, 0.2) is 0 Å². The second-order valence-corrected chi connectivity index (χ2v) is 4.68. The minimum absolute atomic E-state index is 0.341. The second-order valence-electron chi connectivity index (χ2n) is 4.68. The van der Waals surface area contributed by atoms with Gasteiger partial charge in [0.25, 0.3) is 5.91 Å². The molecule has 0 aliphatic heterocycles. The summed E-state index contributed by atoms with van der Waals surface area (Å²) in [6.45, 7) is 0. The third-order valence-corrected chi connectivity index (χ3v) is 3.15. The number of benzene rings is 1. The number of carbonyl (C=O) groups excluding carboxylic acids is 1. The number of pyridine rings is 1. The number of nitrogens with one attached hydrogen (secondary N) is 2. The Morgan fingerprint density at radius 1 is 1.04 bits per heavy atom. The fraction of sp³-hybridized carbons (Fsp3) is 0. The van der Waals surface area contributed by atoms with Crippen LogP contribution in [0.4, 0.5) is 11.6 Å². The summed E-state index contributed by atoms with van der Waals surface area (Å²) >= 11 is 0. The van der Waals surface area contributed by atoms with Gasteiger partial charge in [-0.15, -0.1) is 0 Å². The summed E-state index contributed by atoms with van der Waals surface area (Å²) in [6.07, 6.45) is 5.13. The van der Waals surface area contributed by atoms with Crippen LogP contribution in [0.2, 0.25) is 0 Å². The van der Waals surface area contributed by atoms with Crippen molar-refractivity contribution in [2.75, 3.05) is 5.32 Å². The predicted octanol–water partition coefficient (Wildman–Crippen LogP) is 1.89. The molecule has 0 fully saturated rings. The second kappa shape index (κ2) is 6.63. The molecule has 3 aromatic rings.